The van der Waals surface area contributed by atoms with E-state index >= 15 is 0 Å². The highest BCUT2D eigenvalue weighted by molar-refractivity contribution is 5.33. The third kappa shape index (κ3) is 3.05. The molecule has 2 aromatic heterocycles. The van der Waals surface area contributed by atoms with E-state index in [-0.39, 0.29) is 6.04 Å². The molecule has 0 aliphatic carbocycles. The third-order valence-electron chi connectivity index (χ3n) is 3.44. The van der Waals surface area contributed by atoms with Gasteiger partial charge in [-0.3, -0.25) is 4.98 Å². The molecule has 0 fully saturated rings. The Balaban J connectivity index is 1.89. The number of rotatable bonds is 6. The Morgan fingerprint density at radius 1 is 1.19 bits per heavy atom. The maximum absolute atomic E-state index is 4.22. The second-order valence-electron chi connectivity index (χ2n) is 4.97. The van der Waals surface area contributed by atoms with Gasteiger partial charge in [-0.1, -0.05) is 37.3 Å². The number of aromatic nitrogens is 5. The van der Waals surface area contributed by atoms with Gasteiger partial charge in [-0.25, -0.2) is 0 Å². The van der Waals surface area contributed by atoms with Gasteiger partial charge < -0.3 is 5.32 Å². The van der Waals surface area contributed by atoms with Gasteiger partial charge in [0.2, 0.25) is 0 Å². The molecule has 3 rings (SSSR count). The summed E-state index contributed by atoms with van der Waals surface area (Å²) in [6.07, 6.45) is 5.38. The van der Waals surface area contributed by atoms with Crippen molar-refractivity contribution in [1.29, 1.82) is 0 Å². The standard InChI is InChI=1S/C15H18N6/c1-2-8-17-14(12-6-4-3-5-7-12)9-13-10-16-11-15-18-19-20-21(13)15/h3-7,10-11,14,17H,2,8-9H2,1H3. The van der Waals surface area contributed by atoms with Crippen LogP contribution in [0.5, 0.6) is 0 Å². The van der Waals surface area contributed by atoms with Crippen LogP contribution in [0.2, 0.25) is 0 Å². The number of nitrogens with one attached hydrogen (secondary N) is 1. The van der Waals surface area contributed by atoms with E-state index < -0.39 is 0 Å². The molecule has 1 unspecified atom stereocenters. The SMILES string of the molecule is CCCNC(Cc1cncc2nnnn12)c1ccccc1. The van der Waals surface area contributed by atoms with Gasteiger partial charge in [0.25, 0.3) is 0 Å². The van der Waals surface area contributed by atoms with E-state index in [0.29, 0.717) is 5.65 Å². The summed E-state index contributed by atoms with van der Waals surface area (Å²) in [6, 6.07) is 10.7. The third-order valence-corrected chi connectivity index (χ3v) is 3.44. The van der Waals surface area contributed by atoms with Crippen molar-refractivity contribution in [3.63, 3.8) is 0 Å². The number of tetrazole rings is 1. The first-order valence-corrected chi connectivity index (χ1v) is 7.18. The van der Waals surface area contributed by atoms with Crippen molar-refractivity contribution in [2.75, 3.05) is 6.54 Å². The van der Waals surface area contributed by atoms with Gasteiger partial charge in [0.15, 0.2) is 5.65 Å². The molecule has 0 bridgehead atoms. The fraction of sp³-hybridized carbons (Fsp3) is 0.333. The highest BCUT2D eigenvalue weighted by Gasteiger charge is 2.14. The first-order valence-electron chi connectivity index (χ1n) is 7.18. The molecule has 0 saturated carbocycles. The molecule has 0 radical (unpaired) electrons. The Morgan fingerprint density at radius 2 is 2.05 bits per heavy atom. The predicted molar refractivity (Wildman–Crippen MR) is 79.8 cm³/mol. The van der Waals surface area contributed by atoms with Crippen molar-refractivity contribution >= 4 is 5.65 Å². The Hall–Kier alpha value is -2.34. The number of fused-ring (bicyclic) bond motifs is 1. The summed E-state index contributed by atoms with van der Waals surface area (Å²) in [5, 5.41) is 15.3. The number of nitrogens with zero attached hydrogens (tertiary/aromatic N) is 5. The molecule has 1 N–H and O–H groups in total. The summed E-state index contributed by atoms with van der Waals surface area (Å²) in [5.41, 5.74) is 2.93. The van der Waals surface area contributed by atoms with Crippen LogP contribution < -0.4 is 5.32 Å². The Bertz CT molecular complexity index is 693. The summed E-state index contributed by atoms with van der Waals surface area (Å²) in [7, 11) is 0. The summed E-state index contributed by atoms with van der Waals surface area (Å²) in [4.78, 5) is 4.22. The van der Waals surface area contributed by atoms with Crippen molar-refractivity contribution in [2.45, 2.75) is 25.8 Å². The minimum atomic E-state index is 0.225. The molecule has 6 heteroatoms. The van der Waals surface area contributed by atoms with Gasteiger partial charge in [-0.15, -0.1) is 5.10 Å². The Kier molecular flexibility index (Phi) is 4.16. The van der Waals surface area contributed by atoms with Crippen molar-refractivity contribution < 1.29 is 0 Å². The van der Waals surface area contributed by atoms with Gasteiger partial charge in [0, 0.05) is 18.7 Å². The Morgan fingerprint density at radius 3 is 2.86 bits per heavy atom. The smallest absolute Gasteiger partial charge is 0.197 e. The second kappa shape index (κ2) is 6.41. The highest BCUT2D eigenvalue weighted by atomic mass is 15.5. The molecule has 108 valence electrons. The lowest BCUT2D eigenvalue weighted by Gasteiger charge is -2.19. The van der Waals surface area contributed by atoms with Crippen LogP contribution >= 0.6 is 0 Å². The van der Waals surface area contributed by atoms with Crippen LogP contribution in [0, 0.1) is 0 Å². The molecule has 0 spiro atoms. The zero-order valence-electron chi connectivity index (χ0n) is 12.0. The average Bonchev–Trinajstić information content (AvgIpc) is 3.01. The van der Waals surface area contributed by atoms with Gasteiger partial charge in [-0.2, -0.15) is 4.52 Å². The molecule has 0 amide bonds. The minimum Gasteiger partial charge on any atom is -0.310 e. The van der Waals surface area contributed by atoms with E-state index in [1.54, 1.807) is 10.7 Å². The average molecular weight is 282 g/mol. The number of benzene rings is 1. The van der Waals surface area contributed by atoms with E-state index in [1.807, 2.05) is 12.3 Å². The Labute approximate surface area is 123 Å². The first kappa shape index (κ1) is 13.6. The lowest BCUT2D eigenvalue weighted by Crippen LogP contribution is -2.25. The molecular weight excluding hydrogens is 264 g/mol. The lowest BCUT2D eigenvalue weighted by molar-refractivity contribution is 0.517. The van der Waals surface area contributed by atoms with Gasteiger partial charge >= 0.3 is 0 Å². The maximum atomic E-state index is 4.22. The van der Waals surface area contributed by atoms with Crippen LogP contribution in [0.25, 0.3) is 5.65 Å². The molecule has 0 aliphatic rings. The number of hydrogen-bond acceptors (Lipinski definition) is 5. The predicted octanol–water partition coefficient (Wildman–Crippen LogP) is 1.80. The molecule has 0 saturated heterocycles. The summed E-state index contributed by atoms with van der Waals surface area (Å²) in [6.45, 7) is 3.14. The van der Waals surface area contributed by atoms with Crippen LogP contribution in [-0.4, -0.2) is 31.6 Å². The fourth-order valence-electron chi connectivity index (χ4n) is 2.38. The summed E-state index contributed by atoms with van der Waals surface area (Å²) >= 11 is 0. The van der Waals surface area contributed by atoms with Crippen molar-refractivity contribution in [1.82, 2.24) is 30.3 Å². The van der Waals surface area contributed by atoms with E-state index in [2.05, 4.69) is 57.0 Å². The zero-order chi connectivity index (χ0) is 14.5. The summed E-state index contributed by atoms with van der Waals surface area (Å²) in [5.74, 6) is 0. The number of hydrogen-bond donors (Lipinski definition) is 1. The fourth-order valence-corrected chi connectivity index (χ4v) is 2.38. The quantitative estimate of drug-likeness (QED) is 0.746. The van der Waals surface area contributed by atoms with Gasteiger partial charge in [0.05, 0.1) is 11.9 Å². The highest BCUT2D eigenvalue weighted by Crippen LogP contribution is 2.18. The lowest BCUT2D eigenvalue weighted by atomic mass is 10.0. The summed E-state index contributed by atoms with van der Waals surface area (Å²) < 4.78 is 1.75. The molecule has 1 aromatic carbocycles. The van der Waals surface area contributed by atoms with Gasteiger partial charge in [-0.05, 0) is 29.0 Å². The van der Waals surface area contributed by atoms with Crippen LogP contribution in [-0.2, 0) is 6.42 Å². The first-order chi connectivity index (χ1) is 10.4. The molecule has 21 heavy (non-hydrogen) atoms. The normalized spacial score (nSPS) is 12.6. The van der Waals surface area contributed by atoms with Crippen LogP contribution in [0.1, 0.15) is 30.6 Å². The van der Waals surface area contributed by atoms with E-state index in [4.69, 9.17) is 0 Å². The monoisotopic (exact) mass is 282 g/mol. The van der Waals surface area contributed by atoms with Gasteiger partial charge in [0.1, 0.15) is 0 Å². The topological polar surface area (TPSA) is 68.0 Å². The molecule has 1 atom stereocenters. The maximum Gasteiger partial charge on any atom is 0.197 e. The van der Waals surface area contributed by atoms with E-state index in [0.717, 1.165) is 25.1 Å². The van der Waals surface area contributed by atoms with E-state index in [1.165, 1.54) is 5.56 Å². The van der Waals surface area contributed by atoms with Crippen LogP contribution in [0.3, 0.4) is 0 Å². The van der Waals surface area contributed by atoms with Crippen molar-refractivity contribution in [3.05, 3.63) is 54.0 Å². The molecule has 3 aromatic rings. The van der Waals surface area contributed by atoms with E-state index in [9.17, 15) is 0 Å². The molecule has 0 aliphatic heterocycles. The molecular formula is C15H18N6. The second-order valence-corrected chi connectivity index (χ2v) is 4.97. The zero-order valence-corrected chi connectivity index (χ0v) is 12.0. The molecule has 2 heterocycles. The molecule has 6 nitrogen and oxygen atoms in total. The minimum absolute atomic E-state index is 0.225. The largest absolute Gasteiger partial charge is 0.310 e. The van der Waals surface area contributed by atoms with Crippen LogP contribution in [0.4, 0.5) is 0 Å². The van der Waals surface area contributed by atoms with Crippen LogP contribution in [0.15, 0.2) is 42.7 Å². The van der Waals surface area contributed by atoms with Crippen molar-refractivity contribution in [3.8, 4) is 0 Å². The van der Waals surface area contributed by atoms with Crippen molar-refractivity contribution in [2.24, 2.45) is 0 Å².